The lowest BCUT2D eigenvalue weighted by Crippen LogP contribution is -2.51. The van der Waals surface area contributed by atoms with E-state index >= 15 is 0 Å². The van der Waals surface area contributed by atoms with Gasteiger partial charge in [-0.05, 0) is 31.9 Å². The molecule has 1 fully saturated rings. The second-order valence-electron chi connectivity index (χ2n) is 6.05. The molecule has 1 aromatic rings. The number of rotatable bonds is 2. The minimum atomic E-state index is 0.00368. The molecule has 3 nitrogen and oxygen atoms in total. The summed E-state index contributed by atoms with van der Waals surface area (Å²) in [5.74, 6) is 0. The van der Waals surface area contributed by atoms with E-state index in [1.807, 2.05) is 0 Å². The second-order valence-corrected chi connectivity index (χ2v) is 6.05. The van der Waals surface area contributed by atoms with E-state index in [9.17, 15) is 0 Å². The molecular weight excluding hydrogens is 224 g/mol. The largest absolute Gasteiger partial charge is 0.380 e. The van der Waals surface area contributed by atoms with Crippen molar-refractivity contribution in [2.75, 3.05) is 31.6 Å². The molecule has 0 radical (unpaired) electrons. The summed E-state index contributed by atoms with van der Waals surface area (Å²) in [5, 5.41) is 3.63. The lowest BCUT2D eigenvalue weighted by molar-refractivity contribution is -0.0864. The maximum absolute atomic E-state index is 5.76. The van der Waals surface area contributed by atoms with Crippen molar-refractivity contribution in [1.29, 1.82) is 0 Å². The van der Waals surface area contributed by atoms with Gasteiger partial charge in [0.05, 0.1) is 12.2 Å². The minimum absolute atomic E-state index is 0.00368. The number of anilines is 1. The van der Waals surface area contributed by atoms with Gasteiger partial charge in [0, 0.05) is 31.4 Å². The maximum Gasteiger partial charge on any atom is 0.0753 e. The van der Waals surface area contributed by atoms with Crippen LogP contribution in [0.2, 0.25) is 0 Å². The topological polar surface area (TPSA) is 24.5 Å². The number of nitrogens with zero attached hydrogens (tertiary/aromatic N) is 1. The van der Waals surface area contributed by atoms with Crippen molar-refractivity contribution in [3.05, 3.63) is 29.8 Å². The predicted octanol–water partition coefficient (Wildman–Crippen LogP) is 2.13. The highest BCUT2D eigenvalue weighted by atomic mass is 16.5. The molecule has 1 atom stereocenters. The Hall–Kier alpha value is -1.06. The van der Waals surface area contributed by atoms with Gasteiger partial charge in [0.15, 0.2) is 0 Å². The molecule has 0 aliphatic carbocycles. The molecule has 18 heavy (non-hydrogen) atoms. The molecule has 0 saturated carbocycles. The minimum Gasteiger partial charge on any atom is -0.380 e. The molecule has 2 aliphatic rings. The first kappa shape index (κ1) is 12.0. The van der Waals surface area contributed by atoms with Gasteiger partial charge in [-0.15, -0.1) is 0 Å². The van der Waals surface area contributed by atoms with E-state index in [0.717, 1.165) is 32.7 Å². The van der Waals surface area contributed by atoms with Gasteiger partial charge >= 0.3 is 0 Å². The molecule has 3 rings (SSSR count). The van der Waals surface area contributed by atoms with Crippen LogP contribution in [-0.4, -0.2) is 42.8 Å². The van der Waals surface area contributed by atoms with Crippen LogP contribution in [0.5, 0.6) is 0 Å². The first-order valence-electron chi connectivity index (χ1n) is 6.83. The fraction of sp³-hybridized carbons (Fsp3) is 0.600. The number of para-hydroxylation sites is 1. The van der Waals surface area contributed by atoms with Gasteiger partial charge in [0.2, 0.25) is 0 Å². The highest BCUT2D eigenvalue weighted by molar-refractivity contribution is 5.56. The number of morpholine rings is 1. The molecule has 1 aromatic carbocycles. The van der Waals surface area contributed by atoms with E-state index in [2.05, 4.69) is 48.3 Å². The summed E-state index contributed by atoms with van der Waals surface area (Å²) >= 11 is 0. The molecule has 2 aliphatic heterocycles. The first-order chi connectivity index (χ1) is 8.62. The van der Waals surface area contributed by atoms with E-state index in [0.29, 0.717) is 6.04 Å². The fourth-order valence-electron chi connectivity index (χ4n) is 3.07. The lowest BCUT2D eigenvalue weighted by atomic mass is 10.1. The Morgan fingerprint density at radius 3 is 3.00 bits per heavy atom. The molecular formula is C15H22N2O. The smallest absolute Gasteiger partial charge is 0.0753 e. The Morgan fingerprint density at radius 2 is 2.22 bits per heavy atom. The number of hydrogen-bond acceptors (Lipinski definition) is 3. The molecule has 0 amide bonds. The van der Waals surface area contributed by atoms with Crippen molar-refractivity contribution < 1.29 is 4.74 Å². The summed E-state index contributed by atoms with van der Waals surface area (Å²) in [7, 11) is 0. The zero-order valence-corrected chi connectivity index (χ0v) is 11.3. The fourth-order valence-corrected chi connectivity index (χ4v) is 3.07. The Labute approximate surface area is 109 Å². The van der Waals surface area contributed by atoms with Crippen LogP contribution in [0.1, 0.15) is 19.4 Å². The molecule has 0 bridgehead atoms. The van der Waals surface area contributed by atoms with Gasteiger partial charge in [-0.3, -0.25) is 4.90 Å². The van der Waals surface area contributed by atoms with E-state index in [-0.39, 0.29) is 5.60 Å². The average Bonchev–Trinajstić information content (AvgIpc) is 2.69. The summed E-state index contributed by atoms with van der Waals surface area (Å²) in [6.45, 7) is 8.40. The zero-order chi connectivity index (χ0) is 12.6. The third-order valence-corrected chi connectivity index (χ3v) is 3.83. The molecule has 98 valence electrons. The molecule has 2 heterocycles. The third-order valence-electron chi connectivity index (χ3n) is 3.83. The van der Waals surface area contributed by atoms with Gasteiger partial charge in [-0.2, -0.15) is 0 Å². The maximum atomic E-state index is 5.76. The molecule has 1 N–H and O–H groups in total. The number of ether oxygens (including phenoxy) is 1. The zero-order valence-electron chi connectivity index (χ0n) is 11.3. The average molecular weight is 246 g/mol. The van der Waals surface area contributed by atoms with Crippen molar-refractivity contribution in [2.24, 2.45) is 0 Å². The van der Waals surface area contributed by atoms with Crippen LogP contribution < -0.4 is 5.32 Å². The summed E-state index contributed by atoms with van der Waals surface area (Å²) < 4.78 is 5.76. The van der Waals surface area contributed by atoms with Gasteiger partial charge in [0.25, 0.3) is 0 Å². The van der Waals surface area contributed by atoms with Crippen LogP contribution in [0.15, 0.2) is 24.3 Å². The van der Waals surface area contributed by atoms with Crippen molar-refractivity contribution in [2.45, 2.75) is 31.9 Å². The third kappa shape index (κ3) is 2.52. The molecule has 3 heteroatoms. The van der Waals surface area contributed by atoms with Crippen LogP contribution in [0.25, 0.3) is 0 Å². The Morgan fingerprint density at radius 1 is 1.39 bits per heavy atom. The molecule has 1 saturated heterocycles. The number of nitrogens with one attached hydrogen (secondary N) is 1. The lowest BCUT2D eigenvalue weighted by Gasteiger charge is -2.39. The Balaban J connectivity index is 1.59. The summed E-state index contributed by atoms with van der Waals surface area (Å²) in [4.78, 5) is 2.52. The SMILES string of the molecule is CC1(C)CN(C[C@@H]2Cc3ccccc3N2)CCO1. The summed E-state index contributed by atoms with van der Waals surface area (Å²) in [6.07, 6.45) is 1.15. The second kappa shape index (κ2) is 4.56. The van der Waals surface area contributed by atoms with Gasteiger partial charge in [-0.25, -0.2) is 0 Å². The normalized spacial score (nSPS) is 26.7. The van der Waals surface area contributed by atoms with E-state index in [4.69, 9.17) is 4.74 Å². The van der Waals surface area contributed by atoms with Gasteiger partial charge in [-0.1, -0.05) is 18.2 Å². The number of benzene rings is 1. The highest BCUT2D eigenvalue weighted by Gasteiger charge is 2.30. The Kier molecular flexibility index (Phi) is 3.04. The van der Waals surface area contributed by atoms with Crippen LogP contribution in [-0.2, 0) is 11.2 Å². The quantitative estimate of drug-likeness (QED) is 0.865. The van der Waals surface area contributed by atoms with Crippen molar-refractivity contribution in [1.82, 2.24) is 4.90 Å². The van der Waals surface area contributed by atoms with Crippen LogP contribution in [0, 0.1) is 0 Å². The van der Waals surface area contributed by atoms with E-state index in [1.165, 1.54) is 11.3 Å². The van der Waals surface area contributed by atoms with Crippen LogP contribution in [0.3, 0.4) is 0 Å². The highest BCUT2D eigenvalue weighted by Crippen LogP contribution is 2.26. The Bertz CT molecular complexity index is 405. The van der Waals surface area contributed by atoms with E-state index in [1.54, 1.807) is 0 Å². The van der Waals surface area contributed by atoms with Gasteiger partial charge < -0.3 is 10.1 Å². The monoisotopic (exact) mass is 246 g/mol. The van der Waals surface area contributed by atoms with Crippen LogP contribution >= 0.6 is 0 Å². The predicted molar refractivity (Wildman–Crippen MR) is 74.0 cm³/mol. The molecule has 0 spiro atoms. The van der Waals surface area contributed by atoms with E-state index < -0.39 is 0 Å². The first-order valence-corrected chi connectivity index (χ1v) is 6.83. The number of fused-ring (bicyclic) bond motifs is 1. The summed E-state index contributed by atoms with van der Waals surface area (Å²) in [5.41, 5.74) is 2.77. The van der Waals surface area contributed by atoms with Crippen molar-refractivity contribution in [3.63, 3.8) is 0 Å². The standard InChI is InChI=1S/C15H22N2O/c1-15(2)11-17(7-8-18-15)10-13-9-12-5-3-4-6-14(12)16-13/h3-6,13,16H,7-11H2,1-2H3/t13-/m0/s1. The van der Waals surface area contributed by atoms with Crippen LogP contribution in [0.4, 0.5) is 5.69 Å². The summed E-state index contributed by atoms with van der Waals surface area (Å²) in [6, 6.07) is 9.19. The molecule has 0 aromatic heterocycles. The van der Waals surface area contributed by atoms with Crippen molar-refractivity contribution >= 4 is 5.69 Å². The number of hydrogen-bond donors (Lipinski definition) is 1. The van der Waals surface area contributed by atoms with Gasteiger partial charge in [0.1, 0.15) is 0 Å². The molecule has 0 unspecified atom stereocenters. The van der Waals surface area contributed by atoms with Crippen molar-refractivity contribution in [3.8, 4) is 0 Å².